The summed E-state index contributed by atoms with van der Waals surface area (Å²) in [5, 5.41) is 10.3. The van der Waals surface area contributed by atoms with Gasteiger partial charge in [-0.3, -0.25) is 0 Å². The minimum absolute atomic E-state index is 0.303. The summed E-state index contributed by atoms with van der Waals surface area (Å²) >= 11 is 0. The molecule has 6 heteroatoms. The third-order valence-corrected chi connectivity index (χ3v) is 5.53. The topological polar surface area (TPSA) is 85.4 Å². The number of fused-ring (bicyclic) bond motifs is 3. The highest BCUT2D eigenvalue weighted by molar-refractivity contribution is 5.91. The first kappa shape index (κ1) is 18.9. The van der Waals surface area contributed by atoms with Gasteiger partial charge in [0, 0.05) is 24.0 Å². The highest BCUT2D eigenvalue weighted by atomic mass is 16.6. The third-order valence-electron chi connectivity index (χ3n) is 5.53. The normalized spacial score (nSPS) is 42.1. The Hall–Kier alpha value is -1.92. The highest BCUT2D eigenvalue weighted by Gasteiger charge is 2.64. The van der Waals surface area contributed by atoms with Gasteiger partial charge in [-0.15, -0.1) is 0 Å². The summed E-state index contributed by atoms with van der Waals surface area (Å²) in [7, 11) is 0. The minimum atomic E-state index is -0.671. The third kappa shape index (κ3) is 3.35. The number of carbonyl (C=O) groups is 2. The Balaban J connectivity index is 1.97. The van der Waals surface area contributed by atoms with Crippen LogP contribution in [0.4, 0.5) is 0 Å². The molecule has 0 spiro atoms. The van der Waals surface area contributed by atoms with E-state index in [0.29, 0.717) is 24.0 Å². The Labute approximate surface area is 153 Å². The van der Waals surface area contributed by atoms with E-state index < -0.39 is 41.8 Å². The van der Waals surface area contributed by atoms with Gasteiger partial charge in [0.25, 0.3) is 0 Å². The standard InChI is InChI=1S/C20H26O6/c1-6-11(3)18(22)24-14-8-10(2)7-13(21)9-20(5)17(26-20)16-15(14)12(4)19(23)25-16/h6-7,13-17,21H,4,8-9H2,1-3,5H3/b10-7+,11-6-/t13-,14+,15-,16+,17-,20-/m1/s1. The number of allylic oxidation sites excluding steroid dienone is 1. The molecule has 6 nitrogen and oxygen atoms in total. The Bertz CT molecular complexity index is 705. The lowest BCUT2D eigenvalue weighted by Crippen LogP contribution is -2.39. The van der Waals surface area contributed by atoms with Crippen LogP contribution < -0.4 is 0 Å². The Kier molecular flexibility index (Phi) is 4.84. The molecule has 0 saturated carbocycles. The van der Waals surface area contributed by atoms with Gasteiger partial charge in [-0.2, -0.15) is 0 Å². The molecule has 0 radical (unpaired) electrons. The van der Waals surface area contributed by atoms with Gasteiger partial charge in [0.15, 0.2) is 0 Å². The van der Waals surface area contributed by atoms with E-state index in [2.05, 4.69) is 6.58 Å². The predicted octanol–water partition coefficient (Wildman–Crippen LogP) is 2.22. The summed E-state index contributed by atoms with van der Waals surface area (Å²) in [5.74, 6) is -1.39. The van der Waals surface area contributed by atoms with E-state index in [1.165, 1.54) is 0 Å². The van der Waals surface area contributed by atoms with Crippen LogP contribution in [0.1, 0.15) is 40.5 Å². The van der Waals surface area contributed by atoms with Crippen molar-refractivity contribution in [3.63, 3.8) is 0 Å². The maximum Gasteiger partial charge on any atom is 0.334 e. The van der Waals surface area contributed by atoms with Gasteiger partial charge in [0.2, 0.25) is 0 Å². The van der Waals surface area contributed by atoms with Crippen molar-refractivity contribution in [3.8, 4) is 0 Å². The molecule has 1 N–H and O–H groups in total. The molecule has 2 aliphatic heterocycles. The van der Waals surface area contributed by atoms with E-state index in [1.54, 1.807) is 26.0 Å². The van der Waals surface area contributed by atoms with Gasteiger partial charge in [0.05, 0.1) is 17.6 Å². The first-order valence-electron chi connectivity index (χ1n) is 8.93. The molecule has 142 valence electrons. The molecule has 26 heavy (non-hydrogen) atoms. The van der Waals surface area contributed by atoms with Crippen molar-refractivity contribution in [1.29, 1.82) is 0 Å². The van der Waals surface area contributed by atoms with Crippen molar-refractivity contribution in [2.24, 2.45) is 5.92 Å². The molecule has 6 atom stereocenters. The SMILES string of the molecule is C=C1C(=O)O[C@H]2[C@H]1[C@@H](OC(=O)/C(C)=C\C)C/C(C)=C/[C@@H](O)C[C@@]1(C)O[C@H]21. The summed E-state index contributed by atoms with van der Waals surface area (Å²) in [5.41, 5.74) is 1.10. The lowest BCUT2D eigenvalue weighted by molar-refractivity contribution is -0.148. The number of ether oxygens (including phenoxy) is 3. The van der Waals surface area contributed by atoms with Crippen molar-refractivity contribution in [1.82, 2.24) is 0 Å². The molecule has 3 rings (SSSR count). The van der Waals surface area contributed by atoms with Crippen molar-refractivity contribution in [3.05, 3.63) is 35.5 Å². The van der Waals surface area contributed by atoms with Crippen LogP contribution in [0.15, 0.2) is 35.5 Å². The predicted molar refractivity (Wildman–Crippen MR) is 94.1 cm³/mol. The molecule has 0 amide bonds. The first-order chi connectivity index (χ1) is 12.2. The fourth-order valence-electron chi connectivity index (χ4n) is 3.91. The monoisotopic (exact) mass is 362 g/mol. The van der Waals surface area contributed by atoms with Crippen molar-refractivity contribution < 1.29 is 28.9 Å². The number of epoxide rings is 1. The van der Waals surface area contributed by atoms with Gasteiger partial charge >= 0.3 is 11.9 Å². The number of rotatable bonds is 2. The molecule has 2 fully saturated rings. The fourth-order valence-corrected chi connectivity index (χ4v) is 3.91. The summed E-state index contributed by atoms with van der Waals surface area (Å²) in [6, 6.07) is 0. The first-order valence-corrected chi connectivity index (χ1v) is 8.93. The lowest BCUT2D eigenvalue weighted by Gasteiger charge is -2.28. The molecule has 2 saturated heterocycles. The lowest BCUT2D eigenvalue weighted by atomic mass is 9.81. The molecular weight excluding hydrogens is 336 g/mol. The zero-order chi connectivity index (χ0) is 19.2. The van der Waals surface area contributed by atoms with E-state index in [-0.39, 0.29) is 6.10 Å². The second kappa shape index (κ2) is 6.67. The van der Waals surface area contributed by atoms with Crippen LogP contribution in [0, 0.1) is 5.92 Å². The number of aliphatic hydroxyl groups is 1. The summed E-state index contributed by atoms with van der Waals surface area (Å²) in [4.78, 5) is 24.5. The maximum absolute atomic E-state index is 12.4. The fraction of sp³-hybridized carbons (Fsp3) is 0.600. The number of carbonyl (C=O) groups excluding carboxylic acids is 2. The van der Waals surface area contributed by atoms with E-state index in [0.717, 1.165) is 5.57 Å². The van der Waals surface area contributed by atoms with Crippen LogP contribution in [0.5, 0.6) is 0 Å². The Morgan fingerprint density at radius 2 is 2.19 bits per heavy atom. The molecule has 0 unspecified atom stereocenters. The van der Waals surface area contributed by atoms with E-state index >= 15 is 0 Å². The average Bonchev–Trinajstić information content (AvgIpc) is 3.12. The van der Waals surface area contributed by atoms with Crippen LogP contribution in [-0.4, -0.2) is 47.1 Å². The number of hydrogen-bond acceptors (Lipinski definition) is 6. The van der Waals surface area contributed by atoms with Crippen LogP contribution in [-0.2, 0) is 23.8 Å². The average molecular weight is 362 g/mol. The molecule has 3 aliphatic rings. The summed E-state index contributed by atoms with van der Waals surface area (Å²) < 4.78 is 17.1. The van der Waals surface area contributed by atoms with Gasteiger partial charge in [-0.25, -0.2) is 9.59 Å². The largest absolute Gasteiger partial charge is 0.458 e. The molecular formula is C20H26O6. The summed E-state index contributed by atoms with van der Waals surface area (Å²) in [6.07, 6.45) is 2.05. The van der Waals surface area contributed by atoms with E-state index in [1.807, 2.05) is 13.8 Å². The van der Waals surface area contributed by atoms with Gasteiger partial charge in [-0.05, 0) is 27.7 Å². The number of esters is 2. The smallest absolute Gasteiger partial charge is 0.334 e. The van der Waals surface area contributed by atoms with Gasteiger partial charge in [-0.1, -0.05) is 24.3 Å². The quantitative estimate of drug-likeness (QED) is 0.351. The van der Waals surface area contributed by atoms with Crippen LogP contribution >= 0.6 is 0 Å². The Morgan fingerprint density at radius 3 is 2.85 bits per heavy atom. The zero-order valence-electron chi connectivity index (χ0n) is 15.7. The second-order valence-electron chi connectivity index (χ2n) is 7.68. The molecule has 0 bridgehead atoms. The molecule has 1 aliphatic carbocycles. The second-order valence-corrected chi connectivity index (χ2v) is 7.68. The van der Waals surface area contributed by atoms with Crippen LogP contribution in [0.25, 0.3) is 0 Å². The van der Waals surface area contributed by atoms with Crippen LogP contribution in [0.3, 0.4) is 0 Å². The Morgan fingerprint density at radius 1 is 1.50 bits per heavy atom. The highest BCUT2D eigenvalue weighted by Crippen LogP contribution is 2.50. The van der Waals surface area contributed by atoms with Crippen molar-refractivity contribution >= 4 is 11.9 Å². The number of hydrogen-bond donors (Lipinski definition) is 1. The molecule has 2 heterocycles. The van der Waals surface area contributed by atoms with Crippen LogP contribution in [0.2, 0.25) is 0 Å². The van der Waals surface area contributed by atoms with E-state index in [9.17, 15) is 14.7 Å². The van der Waals surface area contributed by atoms with Crippen molar-refractivity contribution in [2.75, 3.05) is 0 Å². The minimum Gasteiger partial charge on any atom is -0.458 e. The molecule has 0 aromatic rings. The maximum atomic E-state index is 12.4. The zero-order valence-corrected chi connectivity index (χ0v) is 15.7. The van der Waals surface area contributed by atoms with Gasteiger partial charge < -0.3 is 19.3 Å². The summed E-state index contributed by atoms with van der Waals surface area (Å²) in [6.45, 7) is 11.1. The van der Waals surface area contributed by atoms with E-state index in [4.69, 9.17) is 14.2 Å². The molecule has 0 aromatic heterocycles. The van der Waals surface area contributed by atoms with Gasteiger partial charge in [0.1, 0.15) is 18.3 Å². The van der Waals surface area contributed by atoms with Crippen molar-refractivity contribution in [2.45, 2.75) is 70.6 Å². The molecule has 0 aromatic carbocycles. The number of aliphatic hydroxyl groups excluding tert-OH is 1.